The topological polar surface area (TPSA) is 78.3 Å². The maximum absolute atomic E-state index is 13.5. The molecule has 2 N–H and O–H groups in total. The lowest BCUT2D eigenvalue weighted by Gasteiger charge is -2.27. The molecule has 2 fully saturated rings. The van der Waals surface area contributed by atoms with E-state index in [-0.39, 0.29) is 18.0 Å². The first-order valence-corrected chi connectivity index (χ1v) is 12.8. The van der Waals surface area contributed by atoms with Crippen molar-refractivity contribution in [2.75, 3.05) is 13.7 Å². The molecule has 6 rings (SSSR count). The summed E-state index contributed by atoms with van der Waals surface area (Å²) in [4.78, 5) is 20.6. The van der Waals surface area contributed by atoms with Gasteiger partial charge in [0.2, 0.25) is 0 Å². The number of nitrogens with zero attached hydrogens (tertiary/aromatic N) is 4. The van der Waals surface area contributed by atoms with E-state index in [9.17, 15) is 4.79 Å². The lowest BCUT2D eigenvalue weighted by atomic mass is 10.1. The number of rotatable bonds is 5. The van der Waals surface area contributed by atoms with Gasteiger partial charge in [-0.15, -0.1) is 0 Å². The van der Waals surface area contributed by atoms with Crippen LogP contribution in [0.1, 0.15) is 41.5 Å². The Morgan fingerprint density at radius 1 is 1.17 bits per heavy atom. The van der Waals surface area contributed by atoms with E-state index in [4.69, 9.17) is 15.5 Å². The Labute approximate surface area is 211 Å². The van der Waals surface area contributed by atoms with E-state index in [1.807, 2.05) is 30.1 Å². The summed E-state index contributed by atoms with van der Waals surface area (Å²) < 4.78 is 10.2. The molecule has 2 aromatic carbocycles. The van der Waals surface area contributed by atoms with E-state index >= 15 is 0 Å². The molecule has 2 bridgehead atoms. The normalized spacial score (nSPS) is 21.0. The van der Waals surface area contributed by atoms with Crippen molar-refractivity contribution in [3.8, 4) is 22.8 Å². The molecule has 7 heteroatoms. The number of methoxy groups -OCH3 is 1. The fraction of sp³-hybridized carbons (Fsp3) is 0.379. The van der Waals surface area contributed by atoms with Crippen molar-refractivity contribution < 1.29 is 9.53 Å². The number of piperidine rings is 1. The molecule has 7 nitrogen and oxygen atoms in total. The molecule has 3 atom stereocenters. The highest BCUT2D eigenvalue weighted by molar-refractivity contribution is 6.00. The Balaban J connectivity index is 1.46. The molecule has 4 aromatic rings. The summed E-state index contributed by atoms with van der Waals surface area (Å²) in [6, 6.07) is 16.6. The molecule has 36 heavy (non-hydrogen) atoms. The van der Waals surface area contributed by atoms with Gasteiger partial charge in [-0.2, -0.15) is 0 Å². The van der Waals surface area contributed by atoms with Crippen LogP contribution < -0.4 is 10.5 Å². The molecule has 1 saturated carbocycles. The molecule has 0 unspecified atom stereocenters. The molecule has 1 saturated heterocycles. The smallest absolute Gasteiger partial charge is 0.254 e. The van der Waals surface area contributed by atoms with Crippen LogP contribution in [-0.2, 0) is 13.5 Å². The van der Waals surface area contributed by atoms with Crippen molar-refractivity contribution in [2.24, 2.45) is 18.7 Å². The molecule has 1 aliphatic heterocycles. The van der Waals surface area contributed by atoms with Crippen molar-refractivity contribution in [1.29, 1.82) is 0 Å². The summed E-state index contributed by atoms with van der Waals surface area (Å²) in [5, 5.41) is 0. The number of benzene rings is 2. The van der Waals surface area contributed by atoms with Crippen molar-refractivity contribution >= 4 is 16.9 Å². The van der Waals surface area contributed by atoms with Crippen LogP contribution in [0.4, 0.5) is 0 Å². The van der Waals surface area contributed by atoms with Gasteiger partial charge in [0.25, 0.3) is 5.91 Å². The lowest BCUT2D eigenvalue weighted by Crippen LogP contribution is -2.41. The number of ether oxygens (including phenoxy) is 1. The number of amides is 1. The van der Waals surface area contributed by atoms with Crippen molar-refractivity contribution in [3.63, 3.8) is 0 Å². The maximum Gasteiger partial charge on any atom is 0.254 e. The van der Waals surface area contributed by atoms with Crippen LogP contribution in [0.3, 0.4) is 0 Å². The van der Waals surface area contributed by atoms with Crippen molar-refractivity contribution in [1.82, 2.24) is 19.0 Å². The van der Waals surface area contributed by atoms with Crippen molar-refractivity contribution in [2.45, 2.75) is 45.2 Å². The standard InChI is InChI=1S/C29H33N5O2/c1-5-23-21(13-17(2)34(23)20-9-7-6-8-10-20)28-31-22-14-19(15-25(36-4)27(22)32(28)3)29(35)33-16-18-11-12-24(33)26(18)30/h6-10,13-15,18,24,26H,5,11-12,16,30H2,1-4H3/t18-,24-,26-/m1/s1. The molecular weight excluding hydrogens is 450 g/mol. The van der Waals surface area contributed by atoms with Gasteiger partial charge in [0.15, 0.2) is 0 Å². The second-order valence-electron chi connectivity index (χ2n) is 10.2. The van der Waals surface area contributed by atoms with Gasteiger partial charge < -0.3 is 24.5 Å². The van der Waals surface area contributed by atoms with Crippen LogP contribution in [-0.4, -0.2) is 50.7 Å². The zero-order valence-electron chi connectivity index (χ0n) is 21.4. The number of hydrogen-bond acceptors (Lipinski definition) is 4. The Hall–Kier alpha value is -3.58. The Morgan fingerprint density at radius 2 is 1.94 bits per heavy atom. The van der Waals surface area contributed by atoms with Crippen LogP contribution in [0.5, 0.6) is 5.75 Å². The summed E-state index contributed by atoms with van der Waals surface area (Å²) >= 11 is 0. The molecule has 1 amide bonds. The quantitative estimate of drug-likeness (QED) is 0.454. The molecule has 2 aromatic heterocycles. The summed E-state index contributed by atoms with van der Waals surface area (Å²) in [6.45, 7) is 5.04. The number of aryl methyl sites for hydroxylation is 2. The van der Waals surface area contributed by atoms with E-state index in [0.29, 0.717) is 17.2 Å². The number of nitrogens with two attached hydrogens (primary N) is 1. The van der Waals surface area contributed by atoms with Gasteiger partial charge in [0.1, 0.15) is 17.1 Å². The van der Waals surface area contributed by atoms with Gasteiger partial charge in [-0.25, -0.2) is 4.98 Å². The Bertz CT molecular complexity index is 1470. The number of imidazole rings is 1. The van der Waals surface area contributed by atoms with E-state index in [1.54, 1.807) is 7.11 Å². The number of fused-ring (bicyclic) bond motifs is 3. The summed E-state index contributed by atoms with van der Waals surface area (Å²) in [7, 11) is 3.67. The van der Waals surface area contributed by atoms with Crippen LogP contribution >= 0.6 is 0 Å². The second kappa shape index (κ2) is 8.52. The molecule has 0 radical (unpaired) electrons. The van der Waals surface area contributed by atoms with E-state index in [2.05, 4.69) is 53.3 Å². The first-order valence-electron chi connectivity index (χ1n) is 12.8. The van der Waals surface area contributed by atoms with Gasteiger partial charge in [0.05, 0.1) is 12.6 Å². The number of likely N-dealkylation sites (tertiary alicyclic amines) is 1. The zero-order valence-corrected chi connectivity index (χ0v) is 21.4. The average molecular weight is 484 g/mol. The minimum atomic E-state index is 0.0189. The molecular formula is C29H33N5O2. The molecule has 2 aliphatic rings. The Kier molecular flexibility index (Phi) is 5.41. The fourth-order valence-electron chi connectivity index (χ4n) is 6.45. The highest BCUT2D eigenvalue weighted by Crippen LogP contribution is 2.39. The van der Waals surface area contributed by atoms with Gasteiger partial charge in [0, 0.05) is 53.9 Å². The third-order valence-electron chi connectivity index (χ3n) is 8.19. The van der Waals surface area contributed by atoms with Crippen molar-refractivity contribution in [3.05, 3.63) is 65.5 Å². The number of hydrogen-bond donors (Lipinski definition) is 1. The summed E-state index contributed by atoms with van der Waals surface area (Å²) in [5.41, 5.74) is 13.2. The summed E-state index contributed by atoms with van der Waals surface area (Å²) in [6.07, 6.45) is 2.96. The monoisotopic (exact) mass is 483 g/mol. The van der Waals surface area contributed by atoms with E-state index in [1.165, 1.54) is 5.69 Å². The van der Waals surface area contributed by atoms with Gasteiger partial charge in [-0.1, -0.05) is 25.1 Å². The second-order valence-corrected chi connectivity index (χ2v) is 10.2. The Morgan fingerprint density at radius 3 is 2.58 bits per heavy atom. The molecule has 1 aliphatic carbocycles. The first kappa shape index (κ1) is 22.9. The van der Waals surface area contributed by atoms with Crippen LogP contribution in [0, 0.1) is 12.8 Å². The first-order chi connectivity index (χ1) is 17.4. The predicted molar refractivity (Wildman–Crippen MR) is 142 cm³/mol. The molecule has 0 spiro atoms. The number of carbonyl (C=O) groups excluding carboxylic acids is 1. The van der Waals surface area contributed by atoms with Crippen LogP contribution in [0.15, 0.2) is 48.5 Å². The minimum Gasteiger partial charge on any atom is -0.494 e. The highest BCUT2D eigenvalue weighted by atomic mass is 16.5. The minimum absolute atomic E-state index is 0.0189. The average Bonchev–Trinajstić information content (AvgIpc) is 3.62. The van der Waals surface area contributed by atoms with Gasteiger partial charge in [-0.3, -0.25) is 4.79 Å². The largest absolute Gasteiger partial charge is 0.494 e. The highest BCUT2D eigenvalue weighted by Gasteiger charge is 2.47. The van der Waals surface area contributed by atoms with Crippen LogP contribution in [0.25, 0.3) is 28.1 Å². The van der Waals surface area contributed by atoms with Gasteiger partial charge >= 0.3 is 0 Å². The van der Waals surface area contributed by atoms with E-state index in [0.717, 1.165) is 59.6 Å². The lowest BCUT2D eigenvalue weighted by molar-refractivity contribution is 0.0700. The molecule has 3 heterocycles. The van der Waals surface area contributed by atoms with Crippen LogP contribution in [0.2, 0.25) is 0 Å². The number of para-hydroxylation sites is 1. The summed E-state index contributed by atoms with van der Waals surface area (Å²) in [5.74, 6) is 1.95. The van der Waals surface area contributed by atoms with Gasteiger partial charge in [-0.05, 0) is 62.4 Å². The number of aromatic nitrogens is 3. The van der Waals surface area contributed by atoms with E-state index < -0.39 is 0 Å². The zero-order chi connectivity index (χ0) is 25.1. The predicted octanol–water partition coefficient (Wildman–Crippen LogP) is 4.47. The SMILES string of the molecule is CCc1c(-c2nc3cc(C(=O)N4C[C@H]5CC[C@@H]4[C@@H]5N)cc(OC)c3n2C)cc(C)n1-c1ccccc1. The number of carbonyl (C=O) groups is 1. The molecule has 186 valence electrons. The fourth-order valence-corrected chi connectivity index (χ4v) is 6.45. The third kappa shape index (κ3) is 3.29. The third-order valence-corrected chi connectivity index (χ3v) is 8.19. The maximum atomic E-state index is 13.5.